The first kappa shape index (κ1) is 24.4. The van der Waals surface area contributed by atoms with Crippen LogP contribution in [0.2, 0.25) is 14.8 Å². The molecule has 0 N–H and O–H groups in total. The van der Waals surface area contributed by atoms with E-state index in [0.29, 0.717) is 6.61 Å². The van der Waals surface area contributed by atoms with Crippen LogP contribution in [0, 0.1) is 0 Å². The van der Waals surface area contributed by atoms with Crippen LogP contribution in [0.1, 0.15) is 43.5 Å². The molecule has 1 aliphatic heterocycles. The number of aryl methyl sites for hydroxylation is 1. The summed E-state index contributed by atoms with van der Waals surface area (Å²) >= 11 is -2.41. The summed E-state index contributed by atoms with van der Waals surface area (Å²) in [6.45, 7) is 3.62. The summed E-state index contributed by atoms with van der Waals surface area (Å²) in [5, 5.41) is 6.51. The molecule has 0 amide bonds. The molecule has 0 spiro atoms. The number of ether oxygens (including phenoxy) is 2. The summed E-state index contributed by atoms with van der Waals surface area (Å²) in [6, 6.07) is 23.7. The van der Waals surface area contributed by atoms with Crippen LogP contribution in [0.25, 0.3) is 22.0 Å². The first-order chi connectivity index (χ1) is 16.9. The zero-order valence-corrected chi connectivity index (χ0v) is 24.2. The van der Waals surface area contributed by atoms with Gasteiger partial charge in [0.2, 0.25) is 0 Å². The second-order valence-corrected chi connectivity index (χ2v) is 24.7. The SMILES string of the molecule is CCc1cc(OCc2ccccc2)ccc1-c1ccc2[c]([Sn]([CH3])([CH3])[CH3])nn(C3CCCCO3)c2c1. The van der Waals surface area contributed by atoms with Crippen molar-refractivity contribution in [2.24, 2.45) is 0 Å². The van der Waals surface area contributed by atoms with Crippen LogP contribution in [-0.2, 0) is 17.8 Å². The van der Waals surface area contributed by atoms with E-state index in [1.807, 2.05) is 18.2 Å². The van der Waals surface area contributed by atoms with E-state index in [1.54, 1.807) is 0 Å². The van der Waals surface area contributed by atoms with E-state index >= 15 is 0 Å². The van der Waals surface area contributed by atoms with Crippen LogP contribution < -0.4 is 8.45 Å². The molecule has 2 heterocycles. The van der Waals surface area contributed by atoms with Crippen LogP contribution in [-0.4, -0.2) is 34.8 Å². The minimum absolute atomic E-state index is 0.0447. The van der Waals surface area contributed by atoms with Crippen molar-refractivity contribution in [1.29, 1.82) is 0 Å². The van der Waals surface area contributed by atoms with Crippen molar-refractivity contribution in [3.8, 4) is 16.9 Å². The van der Waals surface area contributed by atoms with Gasteiger partial charge in [-0.1, -0.05) is 30.3 Å². The molecule has 5 rings (SSSR count). The summed E-state index contributed by atoms with van der Waals surface area (Å²) in [6.07, 6.45) is 4.37. The molecule has 1 saturated heterocycles. The fourth-order valence-corrected chi connectivity index (χ4v) is 9.04. The first-order valence-electron chi connectivity index (χ1n) is 12.9. The second-order valence-electron chi connectivity index (χ2n) is 10.5. The van der Waals surface area contributed by atoms with Gasteiger partial charge in [-0.2, -0.15) is 0 Å². The molecule has 3 aromatic carbocycles. The van der Waals surface area contributed by atoms with Gasteiger partial charge < -0.3 is 0 Å². The molecule has 1 atom stereocenters. The molecule has 0 saturated carbocycles. The van der Waals surface area contributed by atoms with E-state index in [4.69, 9.17) is 14.6 Å². The number of hydrogen-bond donors (Lipinski definition) is 0. The van der Waals surface area contributed by atoms with Gasteiger partial charge in [0.15, 0.2) is 0 Å². The predicted octanol–water partition coefficient (Wildman–Crippen LogP) is 7.09. The molecule has 0 bridgehead atoms. The molecular formula is C30H36N2O2Sn. The molecule has 35 heavy (non-hydrogen) atoms. The Bertz CT molecular complexity index is 1300. The van der Waals surface area contributed by atoms with Crippen molar-refractivity contribution in [1.82, 2.24) is 9.78 Å². The van der Waals surface area contributed by atoms with Crippen LogP contribution in [0.5, 0.6) is 5.75 Å². The molecule has 0 radical (unpaired) electrons. The minimum atomic E-state index is -2.41. The third kappa shape index (κ3) is 5.29. The molecule has 4 nitrogen and oxygen atoms in total. The van der Waals surface area contributed by atoms with Crippen molar-refractivity contribution < 1.29 is 9.47 Å². The average molecular weight is 575 g/mol. The van der Waals surface area contributed by atoms with Gasteiger partial charge in [0.1, 0.15) is 0 Å². The average Bonchev–Trinajstić information content (AvgIpc) is 3.28. The number of aromatic nitrogens is 2. The van der Waals surface area contributed by atoms with Gasteiger partial charge in [0.25, 0.3) is 0 Å². The van der Waals surface area contributed by atoms with Gasteiger partial charge in [0, 0.05) is 0 Å². The van der Waals surface area contributed by atoms with Gasteiger partial charge in [-0.05, 0) is 0 Å². The summed E-state index contributed by atoms with van der Waals surface area (Å²) in [5.41, 5.74) is 6.18. The zero-order valence-electron chi connectivity index (χ0n) is 21.4. The fraction of sp³-hybridized carbons (Fsp3) is 0.367. The maximum absolute atomic E-state index is 6.17. The normalized spacial score (nSPS) is 16.5. The van der Waals surface area contributed by atoms with E-state index in [9.17, 15) is 0 Å². The molecule has 4 aromatic rings. The summed E-state index contributed by atoms with van der Waals surface area (Å²) in [7, 11) is 0. The van der Waals surface area contributed by atoms with Crippen LogP contribution in [0.15, 0.2) is 66.7 Å². The summed E-state index contributed by atoms with van der Waals surface area (Å²) in [5.74, 6) is 0.917. The van der Waals surface area contributed by atoms with Gasteiger partial charge in [-0.3, -0.25) is 0 Å². The van der Waals surface area contributed by atoms with Crippen molar-refractivity contribution in [3.63, 3.8) is 0 Å². The Morgan fingerprint density at radius 3 is 2.54 bits per heavy atom. The Labute approximate surface area is 213 Å². The molecular weight excluding hydrogens is 539 g/mol. The number of fused-ring (bicyclic) bond motifs is 1. The number of benzene rings is 3. The quantitative estimate of drug-likeness (QED) is 0.221. The fourth-order valence-electron chi connectivity index (χ4n) is 4.97. The van der Waals surface area contributed by atoms with Gasteiger partial charge >= 0.3 is 184 Å². The van der Waals surface area contributed by atoms with Gasteiger partial charge in [0.05, 0.1) is 0 Å². The van der Waals surface area contributed by atoms with Crippen LogP contribution >= 0.6 is 0 Å². The third-order valence-corrected chi connectivity index (χ3v) is 12.0. The van der Waals surface area contributed by atoms with Crippen molar-refractivity contribution >= 4 is 33.0 Å². The van der Waals surface area contributed by atoms with Crippen LogP contribution in [0.3, 0.4) is 0 Å². The molecule has 5 heteroatoms. The van der Waals surface area contributed by atoms with Gasteiger partial charge in [-0.25, -0.2) is 0 Å². The predicted molar refractivity (Wildman–Crippen MR) is 147 cm³/mol. The molecule has 1 aliphatic rings. The molecule has 0 aliphatic carbocycles. The van der Waals surface area contributed by atoms with E-state index in [0.717, 1.165) is 31.6 Å². The van der Waals surface area contributed by atoms with Crippen molar-refractivity contribution in [2.75, 3.05) is 6.61 Å². The maximum atomic E-state index is 6.17. The van der Waals surface area contributed by atoms with E-state index in [2.05, 4.69) is 75.0 Å². The number of rotatable bonds is 7. The molecule has 1 aromatic heterocycles. The van der Waals surface area contributed by atoms with E-state index in [-0.39, 0.29) is 6.23 Å². The molecule has 182 valence electrons. The first-order valence-corrected chi connectivity index (χ1v) is 22.9. The Kier molecular flexibility index (Phi) is 7.21. The third-order valence-electron chi connectivity index (χ3n) is 6.86. The zero-order chi connectivity index (χ0) is 24.4. The monoisotopic (exact) mass is 576 g/mol. The van der Waals surface area contributed by atoms with Crippen molar-refractivity contribution in [3.05, 3.63) is 77.9 Å². The Morgan fingerprint density at radius 2 is 1.83 bits per heavy atom. The Hall–Kier alpha value is -2.31. The van der Waals surface area contributed by atoms with Crippen LogP contribution in [0.4, 0.5) is 0 Å². The molecule has 1 unspecified atom stereocenters. The number of hydrogen-bond acceptors (Lipinski definition) is 3. The number of nitrogens with zero attached hydrogens (tertiary/aromatic N) is 2. The summed E-state index contributed by atoms with van der Waals surface area (Å²) < 4.78 is 15.8. The van der Waals surface area contributed by atoms with Crippen molar-refractivity contribution in [2.45, 2.75) is 60.3 Å². The van der Waals surface area contributed by atoms with E-state index < -0.39 is 18.4 Å². The Balaban J connectivity index is 1.51. The second kappa shape index (κ2) is 10.4. The van der Waals surface area contributed by atoms with E-state index in [1.165, 1.54) is 43.3 Å². The van der Waals surface area contributed by atoms with Gasteiger partial charge in [-0.15, -0.1) is 0 Å². The molecule has 1 fully saturated rings. The summed E-state index contributed by atoms with van der Waals surface area (Å²) in [4.78, 5) is 7.33. The standard InChI is InChI=1S/C27H27N2O2.3CH3.Sn/c1-2-21-16-24(31-19-20-8-4-3-5-9-20)13-14-25(21)22-11-12-23-18-28-29(26(23)17-22)27-10-6-7-15-30-27;;;;/h3-5,8-9,11-14,16-17,27H,2,6-7,10,15,19H2,1H3;3*1H3;. The Morgan fingerprint density at radius 1 is 1.00 bits per heavy atom. The topological polar surface area (TPSA) is 36.3 Å².